The second kappa shape index (κ2) is 5.13. The third-order valence-corrected chi connectivity index (χ3v) is 3.04. The Bertz CT molecular complexity index is 433. The molecule has 0 radical (unpaired) electrons. The Hall–Kier alpha value is -1.64. The van der Waals surface area contributed by atoms with E-state index >= 15 is 0 Å². The average Bonchev–Trinajstić information content (AvgIpc) is 2.29. The lowest BCUT2D eigenvalue weighted by atomic mass is 9.81. The Morgan fingerprint density at radius 2 is 2.06 bits per heavy atom. The van der Waals surface area contributed by atoms with Gasteiger partial charge in [0.05, 0.1) is 12.2 Å². The maximum absolute atomic E-state index is 11.6. The molecule has 0 aliphatic rings. The summed E-state index contributed by atoms with van der Waals surface area (Å²) in [4.78, 5) is 22.4. The molecule has 1 aromatic rings. The molecule has 0 amide bonds. The summed E-state index contributed by atoms with van der Waals surface area (Å²) in [6, 6.07) is 5.26. The number of ether oxygens (including phenoxy) is 1. The molecule has 0 saturated carbocycles. The standard InChI is InChI=1S/C14H18O3/c1-5-17-13-8-12(7-6-11(13)9-15)14(3,4)10(2)16/h6-9H,5H2,1-4H3. The molecule has 3 nitrogen and oxygen atoms in total. The molecular formula is C14H18O3. The van der Waals surface area contributed by atoms with Crippen LogP contribution in [0.2, 0.25) is 0 Å². The number of Topliss-reactive ketones (excluding diaryl/α,β-unsaturated/α-hetero) is 1. The van der Waals surface area contributed by atoms with E-state index in [-0.39, 0.29) is 5.78 Å². The lowest BCUT2D eigenvalue weighted by molar-refractivity contribution is -0.121. The minimum absolute atomic E-state index is 0.0822. The number of aldehydes is 1. The highest BCUT2D eigenvalue weighted by Gasteiger charge is 2.26. The molecule has 0 fully saturated rings. The fourth-order valence-electron chi connectivity index (χ4n) is 1.50. The van der Waals surface area contributed by atoms with Crippen LogP contribution in [0.4, 0.5) is 0 Å². The topological polar surface area (TPSA) is 43.4 Å². The highest BCUT2D eigenvalue weighted by atomic mass is 16.5. The summed E-state index contributed by atoms with van der Waals surface area (Å²) < 4.78 is 5.40. The predicted octanol–water partition coefficient (Wildman–Crippen LogP) is 2.76. The van der Waals surface area contributed by atoms with Crippen LogP contribution in [0.5, 0.6) is 5.75 Å². The number of benzene rings is 1. The number of hydrogen-bond donors (Lipinski definition) is 0. The van der Waals surface area contributed by atoms with Gasteiger partial charge in [-0.25, -0.2) is 0 Å². The highest BCUT2D eigenvalue weighted by molar-refractivity contribution is 5.88. The fourth-order valence-corrected chi connectivity index (χ4v) is 1.50. The Balaban J connectivity index is 3.24. The van der Waals surface area contributed by atoms with E-state index in [9.17, 15) is 9.59 Å². The van der Waals surface area contributed by atoms with Crippen molar-refractivity contribution in [3.8, 4) is 5.75 Å². The molecule has 0 bridgehead atoms. The smallest absolute Gasteiger partial charge is 0.153 e. The summed E-state index contributed by atoms with van der Waals surface area (Å²) in [7, 11) is 0. The molecule has 0 aliphatic heterocycles. The number of hydrogen-bond acceptors (Lipinski definition) is 3. The highest BCUT2D eigenvalue weighted by Crippen LogP contribution is 2.29. The lowest BCUT2D eigenvalue weighted by Crippen LogP contribution is -2.26. The zero-order chi connectivity index (χ0) is 13.1. The zero-order valence-corrected chi connectivity index (χ0v) is 10.7. The van der Waals surface area contributed by atoms with Gasteiger partial charge in [-0.05, 0) is 45.4 Å². The van der Waals surface area contributed by atoms with Crippen LogP contribution in [-0.4, -0.2) is 18.7 Å². The molecule has 1 aromatic carbocycles. The molecule has 92 valence electrons. The van der Waals surface area contributed by atoms with Crippen molar-refractivity contribution >= 4 is 12.1 Å². The van der Waals surface area contributed by atoms with Gasteiger partial charge in [-0.2, -0.15) is 0 Å². The summed E-state index contributed by atoms with van der Waals surface area (Å²) in [6.45, 7) is 7.64. The van der Waals surface area contributed by atoms with Gasteiger partial charge in [0.2, 0.25) is 0 Å². The minimum atomic E-state index is -0.562. The van der Waals surface area contributed by atoms with E-state index in [4.69, 9.17) is 4.74 Å². The van der Waals surface area contributed by atoms with Crippen molar-refractivity contribution in [1.29, 1.82) is 0 Å². The molecule has 0 atom stereocenters. The summed E-state index contributed by atoms with van der Waals surface area (Å²) >= 11 is 0. The summed E-state index contributed by atoms with van der Waals surface area (Å²) in [5.74, 6) is 0.619. The van der Waals surface area contributed by atoms with Gasteiger partial charge in [0.25, 0.3) is 0 Å². The monoisotopic (exact) mass is 234 g/mol. The second-order valence-electron chi connectivity index (χ2n) is 4.48. The average molecular weight is 234 g/mol. The summed E-state index contributed by atoms with van der Waals surface area (Å²) in [5, 5.41) is 0. The molecule has 17 heavy (non-hydrogen) atoms. The second-order valence-corrected chi connectivity index (χ2v) is 4.48. The van der Waals surface area contributed by atoms with Crippen molar-refractivity contribution < 1.29 is 14.3 Å². The quantitative estimate of drug-likeness (QED) is 0.736. The number of rotatable bonds is 5. The Labute approximate surface area is 102 Å². The molecule has 0 N–H and O–H groups in total. The molecule has 1 rings (SSSR count). The van der Waals surface area contributed by atoms with E-state index in [1.54, 1.807) is 25.1 Å². The molecule has 0 heterocycles. The van der Waals surface area contributed by atoms with Crippen LogP contribution in [0.25, 0.3) is 0 Å². The molecule has 0 saturated heterocycles. The molecule has 3 heteroatoms. The van der Waals surface area contributed by atoms with E-state index in [2.05, 4.69) is 0 Å². The SMILES string of the molecule is CCOc1cc(C(C)(C)C(C)=O)ccc1C=O. The molecule has 0 aliphatic carbocycles. The van der Waals surface area contributed by atoms with Crippen molar-refractivity contribution in [2.75, 3.05) is 6.61 Å². The third-order valence-electron chi connectivity index (χ3n) is 3.04. The lowest BCUT2D eigenvalue weighted by Gasteiger charge is -2.22. The predicted molar refractivity (Wildman–Crippen MR) is 66.7 cm³/mol. The van der Waals surface area contributed by atoms with E-state index in [0.29, 0.717) is 17.9 Å². The Kier molecular flexibility index (Phi) is 4.05. The van der Waals surface area contributed by atoms with Gasteiger partial charge in [0, 0.05) is 5.41 Å². The number of ketones is 1. The van der Waals surface area contributed by atoms with E-state index in [0.717, 1.165) is 11.8 Å². The van der Waals surface area contributed by atoms with Crippen LogP contribution < -0.4 is 4.74 Å². The van der Waals surface area contributed by atoms with Gasteiger partial charge in [0.1, 0.15) is 11.5 Å². The summed E-state index contributed by atoms with van der Waals surface area (Å²) in [6.07, 6.45) is 0.759. The maximum Gasteiger partial charge on any atom is 0.153 e. The molecular weight excluding hydrogens is 216 g/mol. The van der Waals surface area contributed by atoms with Crippen molar-refractivity contribution in [3.05, 3.63) is 29.3 Å². The maximum atomic E-state index is 11.6. The van der Waals surface area contributed by atoms with Gasteiger partial charge in [-0.15, -0.1) is 0 Å². The number of carbonyl (C=O) groups excluding carboxylic acids is 2. The Morgan fingerprint density at radius 3 is 2.53 bits per heavy atom. The fraction of sp³-hybridized carbons (Fsp3) is 0.429. The van der Waals surface area contributed by atoms with Crippen LogP contribution in [0.1, 0.15) is 43.6 Å². The first-order chi connectivity index (χ1) is 7.93. The largest absolute Gasteiger partial charge is 0.493 e. The van der Waals surface area contributed by atoms with Crippen LogP contribution in [0.15, 0.2) is 18.2 Å². The van der Waals surface area contributed by atoms with Crippen molar-refractivity contribution in [1.82, 2.24) is 0 Å². The van der Waals surface area contributed by atoms with Crippen molar-refractivity contribution in [3.63, 3.8) is 0 Å². The number of carbonyl (C=O) groups is 2. The Morgan fingerprint density at radius 1 is 1.41 bits per heavy atom. The van der Waals surface area contributed by atoms with Crippen LogP contribution in [-0.2, 0) is 10.2 Å². The van der Waals surface area contributed by atoms with Crippen LogP contribution >= 0.6 is 0 Å². The normalized spacial score (nSPS) is 11.1. The minimum Gasteiger partial charge on any atom is -0.493 e. The van der Waals surface area contributed by atoms with Gasteiger partial charge < -0.3 is 4.74 Å². The van der Waals surface area contributed by atoms with Crippen LogP contribution in [0.3, 0.4) is 0 Å². The summed E-state index contributed by atoms with van der Waals surface area (Å²) in [5.41, 5.74) is 0.807. The van der Waals surface area contributed by atoms with Gasteiger partial charge in [-0.3, -0.25) is 9.59 Å². The van der Waals surface area contributed by atoms with E-state index in [1.165, 1.54) is 0 Å². The van der Waals surface area contributed by atoms with Gasteiger partial charge in [-0.1, -0.05) is 6.07 Å². The molecule has 0 aromatic heterocycles. The van der Waals surface area contributed by atoms with Crippen molar-refractivity contribution in [2.45, 2.75) is 33.1 Å². The third kappa shape index (κ3) is 2.73. The van der Waals surface area contributed by atoms with E-state index < -0.39 is 5.41 Å². The first-order valence-corrected chi connectivity index (χ1v) is 5.67. The van der Waals surface area contributed by atoms with Crippen molar-refractivity contribution in [2.24, 2.45) is 0 Å². The zero-order valence-electron chi connectivity index (χ0n) is 10.7. The van der Waals surface area contributed by atoms with Crippen LogP contribution in [0, 0.1) is 0 Å². The first-order valence-electron chi connectivity index (χ1n) is 5.67. The molecule has 0 unspecified atom stereocenters. The van der Waals surface area contributed by atoms with E-state index in [1.807, 2.05) is 20.8 Å². The molecule has 0 spiro atoms. The van der Waals surface area contributed by atoms with Gasteiger partial charge >= 0.3 is 0 Å². The first kappa shape index (κ1) is 13.4. The van der Waals surface area contributed by atoms with Gasteiger partial charge in [0.15, 0.2) is 6.29 Å².